The Bertz CT molecular complexity index is 175. The third kappa shape index (κ3) is 6.27. The smallest absolute Gasteiger partial charge is 0.242 e. The lowest BCUT2D eigenvalue weighted by Crippen LogP contribution is -2.22. The van der Waals surface area contributed by atoms with Crippen molar-refractivity contribution < 1.29 is 9.47 Å². The zero-order valence-electron chi connectivity index (χ0n) is 9.04. The highest BCUT2D eigenvalue weighted by atomic mass is 32.1. The van der Waals surface area contributed by atoms with Crippen molar-refractivity contribution in [3.8, 4) is 0 Å². The van der Waals surface area contributed by atoms with Crippen molar-refractivity contribution in [1.82, 2.24) is 0 Å². The van der Waals surface area contributed by atoms with Crippen molar-refractivity contribution in [3.05, 3.63) is 0 Å². The molecule has 82 valence electrons. The van der Waals surface area contributed by atoms with E-state index in [4.69, 9.17) is 33.9 Å². The minimum absolute atomic E-state index is 0.292. The van der Waals surface area contributed by atoms with E-state index in [0.717, 1.165) is 25.7 Å². The molecule has 0 bridgehead atoms. The first-order chi connectivity index (χ1) is 6.63. The molecule has 2 nitrogen and oxygen atoms in total. The second-order valence-electron chi connectivity index (χ2n) is 2.91. The van der Waals surface area contributed by atoms with Gasteiger partial charge in [0.2, 0.25) is 6.29 Å². The van der Waals surface area contributed by atoms with Crippen molar-refractivity contribution in [2.24, 2.45) is 0 Å². The Labute approximate surface area is 97.0 Å². The summed E-state index contributed by atoms with van der Waals surface area (Å²) in [5.41, 5.74) is 0. The van der Waals surface area contributed by atoms with Gasteiger partial charge in [-0.15, -0.1) is 0 Å². The van der Waals surface area contributed by atoms with Crippen LogP contribution in [0.3, 0.4) is 0 Å². The van der Waals surface area contributed by atoms with Gasteiger partial charge in [0, 0.05) is 19.3 Å². The van der Waals surface area contributed by atoms with E-state index < -0.39 is 0 Å². The number of rotatable bonds is 6. The van der Waals surface area contributed by atoms with Gasteiger partial charge in [-0.1, -0.05) is 20.8 Å². The highest BCUT2D eigenvalue weighted by Crippen LogP contribution is 2.08. The highest BCUT2D eigenvalue weighted by Gasteiger charge is 2.12. The van der Waals surface area contributed by atoms with E-state index in [1.54, 1.807) is 0 Å². The topological polar surface area (TPSA) is 18.5 Å². The minimum atomic E-state index is -0.292. The zero-order chi connectivity index (χ0) is 11.0. The Morgan fingerprint density at radius 3 is 1.71 bits per heavy atom. The average molecular weight is 234 g/mol. The van der Waals surface area contributed by atoms with Gasteiger partial charge in [-0.2, -0.15) is 0 Å². The minimum Gasteiger partial charge on any atom is -0.448 e. The van der Waals surface area contributed by atoms with Crippen LogP contribution in [0.5, 0.6) is 0 Å². The molecule has 0 aromatic heterocycles. The lowest BCUT2D eigenvalue weighted by molar-refractivity contribution is -0.0195. The first-order valence-electron chi connectivity index (χ1n) is 5.02. The number of ether oxygens (including phenoxy) is 2. The molecule has 0 N–H and O–H groups in total. The molecule has 0 rings (SSSR count). The Hall–Kier alpha value is -0.220. The van der Waals surface area contributed by atoms with Crippen molar-refractivity contribution in [2.75, 3.05) is 0 Å². The van der Waals surface area contributed by atoms with E-state index in [0.29, 0.717) is 10.1 Å². The van der Waals surface area contributed by atoms with Crippen LogP contribution in [-0.4, -0.2) is 16.4 Å². The maximum Gasteiger partial charge on any atom is 0.242 e. The molecule has 14 heavy (non-hydrogen) atoms. The molecule has 0 radical (unpaired) electrons. The standard InChI is InChI=1S/C10H18O2S2/c1-4-7-8(11-9(13)5-2)12-10(14)6-3/h8H,4-7H2,1-3H3. The summed E-state index contributed by atoms with van der Waals surface area (Å²) in [4.78, 5) is 0. The Balaban J connectivity index is 4.00. The van der Waals surface area contributed by atoms with Crippen LogP contribution in [0.1, 0.15) is 46.5 Å². The molecule has 0 aromatic rings. The summed E-state index contributed by atoms with van der Waals surface area (Å²) in [7, 11) is 0. The molecule has 0 unspecified atom stereocenters. The van der Waals surface area contributed by atoms with Crippen molar-refractivity contribution in [3.63, 3.8) is 0 Å². The summed E-state index contributed by atoms with van der Waals surface area (Å²) in [6.07, 6.45) is 2.99. The first kappa shape index (κ1) is 13.8. The van der Waals surface area contributed by atoms with Gasteiger partial charge in [-0.25, -0.2) is 0 Å². The van der Waals surface area contributed by atoms with Crippen LogP contribution in [0.2, 0.25) is 0 Å². The van der Waals surface area contributed by atoms with Crippen molar-refractivity contribution >= 4 is 34.5 Å². The average Bonchev–Trinajstić information content (AvgIpc) is 2.17. The number of hydrogen-bond acceptors (Lipinski definition) is 4. The molecular formula is C10H18O2S2. The van der Waals surface area contributed by atoms with E-state index in [1.807, 2.05) is 13.8 Å². The van der Waals surface area contributed by atoms with E-state index in [-0.39, 0.29) is 6.29 Å². The molecule has 0 fully saturated rings. The molecule has 0 aliphatic heterocycles. The Morgan fingerprint density at radius 1 is 1.00 bits per heavy atom. The van der Waals surface area contributed by atoms with E-state index in [1.165, 1.54) is 0 Å². The fourth-order valence-electron chi connectivity index (χ4n) is 0.837. The fourth-order valence-corrected chi connectivity index (χ4v) is 1.05. The molecule has 4 heteroatoms. The van der Waals surface area contributed by atoms with Gasteiger partial charge in [-0.3, -0.25) is 0 Å². The number of thiocarbonyl (C=S) groups is 2. The third-order valence-corrected chi connectivity index (χ3v) is 2.40. The monoisotopic (exact) mass is 234 g/mol. The molecule has 0 heterocycles. The van der Waals surface area contributed by atoms with Crippen LogP contribution >= 0.6 is 24.4 Å². The predicted octanol–water partition coefficient (Wildman–Crippen LogP) is 3.62. The highest BCUT2D eigenvalue weighted by molar-refractivity contribution is 7.80. The lowest BCUT2D eigenvalue weighted by Gasteiger charge is -2.19. The maximum atomic E-state index is 5.43. The molecular weight excluding hydrogens is 216 g/mol. The largest absolute Gasteiger partial charge is 0.448 e. The van der Waals surface area contributed by atoms with E-state index in [9.17, 15) is 0 Å². The molecule has 0 aliphatic carbocycles. The van der Waals surface area contributed by atoms with Gasteiger partial charge in [0.25, 0.3) is 0 Å². The third-order valence-electron chi connectivity index (χ3n) is 1.63. The lowest BCUT2D eigenvalue weighted by atomic mass is 10.3. The summed E-state index contributed by atoms with van der Waals surface area (Å²) in [6, 6.07) is 0. The van der Waals surface area contributed by atoms with Crippen LogP contribution in [0.4, 0.5) is 0 Å². The summed E-state index contributed by atoms with van der Waals surface area (Å²) < 4.78 is 10.9. The van der Waals surface area contributed by atoms with Gasteiger partial charge in [0.1, 0.15) is 0 Å². The van der Waals surface area contributed by atoms with Crippen molar-refractivity contribution in [1.29, 1.82) is 0 Å². The zero-order valence-corrected chi connectivity index (χ0v) is 10.7. The Kier molecular flexibility index (Phi) is 7.99. The van der Waals surface area contributed by atoms with E-state index in [2.05, 4.69) is 6.92 Å². The van der Waals surface area contributed by atoms with Crippen LogP contribution in [0, 0.1) is 0 Å². The van der Waals surface area contributed by atoms with Crippen LogP contribution in [-0.2, 0) is 9.47 Å². The van der Waals surface area contributed by atoms with Crippen LogP contribution < -0.4 is 0 Å². The normalized spacial score (nSPS) is 10.0. The van der Waals surface area contributed by atoms with Gasteiger partial charge >= 0.3 is 0 Å². The van der Waals surface area contributed by atoms with Gasteiger partial charge in [-0.05, 0) is 30.9 Å². The van der Waals surface area contributed by atoms with Crippen LogP contribution in [0.15, 0.2) is 0 Å². The second kappa shape index (κ2) is 8.12. The molecule has 0 saturated heterocycles. The summed E-state index contributed by atoms with van der Waals surface area (Å²) >= 11 is 9.98. The van der Waals surface area contributed by atoms with E-state index >= 15 is 0 Å². The number of hydrogen-bond donors (Lipinski definition) is 0. The maximum absolute atomic E-state index is 5.43. The van der Waals surface area contributed by atoms with Gasteiger partial charge in [0.15, 0.2) is 10.1 Å². The molecule has 0 atom stereocenters. The summed E-state index contributed by atoms with van der Waals surface area (Å²) in [5.74, 6) is 0. The molecule has 0 saturated carbocycles. The quantitative estimate of drug-likeness (QED) is 0.516. The fraction of sp³-hybridized carbons (Fsp3) is 0.800. The molecule has 0 aliphatic rings. The molecule has 0 aromatic carbocycles. The van der Waals surface area contributed by atoms with Gasteiger partial charge in [0.05, 0.1) is 0 Å². The van der Waals surface area contributed by atoms with Crippen molar-refractivity contribution in [2.45, 2.75) is 52.7 Å². The predicted molar refractivity (Wildman–Crippen MR) is 66.6 cm³/mol. The SMILES string of the molecule is CCCC(OC(=S)CC)OC(=S)CC. The van der Waals surface area contributed by atoms with Gasteiger partial charge < -0.3 is 9.47 Å². The first-order valence-corrected chi connectivity index (χ1v) is 5.84. The summed E-state index contributed by atoms with van der Waals surface area (Å²) in [5, 5.41) is 1.17. The Morgan fingerprint density at radius 2 is 1.43 bits per heavy atom. The molecule has 0 amide bonds. The second-order valence-corrected chi connectivity index (χ2v) is 3.82. The summed E-state index contributed by atoms with van der Waals surface area (Å²) in [6.45, 7) is 6.00. The molecule has 0 spiro atoms. The van der Waals surface area contributed by atoms with Crippen LogP contribution in [0.25, 0.3) is 0 Å².